The number of benzene rings is 1. The van der Waals surface area contributed by atoms with E-state index in [2.05, 4.69) is 9.88 Å². The van der Waals surface area contributed by atoms with Gasteiger partial charge in [0.2, 0.25) is 5.91 Å². The number of fused-ring (bicyclic) bond motifs is 3. The number of primary amides is 1. The minimum Gasteiger partial charge on any atom is -0.473 e. The van der Waals surface area contributed by atoms with Gasteiger partial charge < -0.3 is 25.8 Å². The second-order valence-electron chi connectivity index (χ2n) is 6.96. The highest BCUT2D eigenvalue weighted by molar-refractivity contribution is 6.27. The Morgan fingerprint density at radius 3 is 2.37 bits per heavy atom. The van der Waals surface area contributed by atoms with Crippen molar-refractivity contribution < 1.29 is 24.6 Å². The van der Waals surface area contributed by atoms with Crippen LogP contribution in [0.15, 0.2) is 18.2 Å². The maximum absolute atomic E-state index is 11.4. The number of amides is 1. The van der Waals surface area contributed by atoms with Gasteiger partial charge in [0, 0.05) is 28.2 Å². The number of nitrogens with one attached hydrogen (secondary N) is 1. The molecule has 5 N–H and O–H groups in total. The fourth-order valence-corrected chi connectivity index (χ4v) is 3.97. The number of aromatic nitrogens is 1. The van der Waals surface area contributed by atoms with Crippen LogP contribution in [0.2, 0.25) is 0 Å². The van der Waals surface area contributed by atoms with E-state index in [1.807, 2.05) is 18.2 Å². The summed E-state index contributed by atoms with van der Waals surface area (Å²) in [5.41, 5.74) is 9.90. The molecule has 8 nitrogen and oxygen atoms in total. The Morgan fingerprint density at radius 2 is 1.78 bits per heavy atom. The van der Waals surface area contributed by atoms with Gasteiger partial charge in [-0.1, -0.05) is 0 Å². The van der Waals surface area contributed by atoms with Gasteiger partial charge in [0.25, 0.3) is 0 Å². The first kappa shape index (κ1) is 18.9. The van der Waals surface area contributed by atoms with Crippen molar-refractivity contribution in [2.24, 2.45) is 5.73 Å². The van der Waals surface area contributed by atoms with Crippen molar-refractivity contribution >= 4 is 28.7 Å². The molecular formula is C19H23N3O5. The molecule has 2 aromatic rings. The summed E-state index contributed by atoms with van der Waals surface area (Å²) in [6.45, 7) is 2.49. The van der Waals surface area contributed by atoms with Gasteiger partial charge in [0.1, 0.15) is 0 Å². The molecule has 1 atom stereocenters. The van der Waals surface area contributed by atoms with Crippen molar-refractivity contribution in [1.82, 2.24) is 9.88 Å². The van der Waals surface area contributed by atoms with Gasteiger partial charge in [-0.15, -0.1) is 0 Å². The Labute approximate surface area is 156 Å². The largest absolute Gasteiger partial charge is 0.473 e. The molecule has 2 aliphatic rings. The van der Waals surface area contributed by atoms with Crippen molar-refractivity contribution in [2.75, 3.05) is 13.1 Å². The van der Waals surface area contributed by atoms with Crippen LogP contribution in [0.25, 0.3) is 10.9 Å². The third-order valence-electron chi connectivity index (χ3n) is 5.29. The number of aliphatic carboxylic acids is 2. The number of carboxylic acids is 2. The molecule has 1 aromatic carbocycles. The Morgan fingerprint density at radius 1 is 1.11 bits per heavy atom. The summed E-state index contributed by atoms with van der Waals surface area (Å²) >= 11 is 0. The van der Waals surface area contributed by atoms with Crippen LogP contribution in [0.5, 0.6) is 0 Å². The SMILES string of the molecule is NC(=O)c1ccc2[nH]c3c(c2c1)CC(N1CCCC1)CC3.O=C(O)C(=O)O. The van der Waals surface area contributed by atoms with Gasteiger partial charge in [-0.05, 0) is 69.0 Å². The maximum atomic E-state index is 11.4. The summed E-state index contributed by atoms with van der Waals surface area (Å²) in [6, 6.07) is 6.42. The normalized spacial score (nSPS) is 19.2. The molecular weight excluding hydrogens is 350 g/mol. The number of H-pyrrole nitrogens is 1. The summed E-state index contributed by atoms with van der Waals surface area (Å²) < 4.78 is 0. The first-order chi connectivity index (χ1) is 12.9. The number of hydrogen-bond acceptors (Lipinski definition) is 4. The smallest absolute Gasteiger partial charge is 0.414 e. The number of nitrogens with two attached hydrogens (primary N) is 1. The van der Waals surface area contributed by atoms with Crippen molar-refractivity contribution in [3.05, 3.63) is 35.0 Å². The molecule has 0 radical (unpaired) electrons. The Balaban J connectivity index is 0.000000307. The fourth-order valence-electron chi connectivity index (χ4n) is 3.97. The van der Waals surface area contributed by atoms with Crippen LogP contribution in [-0.2, 0) is 22.4 Å². The molecule has 1 amide bonds. The monoisotopic (exact) mass is 373 g/mol. The molecule has 27 heavy (non-hydrogen) atoms. The zero-order valence-corrected chi connectivity index (χ0v) is 14.9. The molecule has 1 fully saturated rings. The van der Waals surface area contributed by atoms with Crippen LogP contribution in [0.4, 0.5) is 0 Å². The van der Waals surface area contributed by atoms with E-state index in [9.17, 15) is 4.79 Å². The number of aryl methyl sites for hydroxylation is 1. The summed E-state index contributed by atoms with van der Waals surface area (Å²) in [5, 5.41) is 16.0. The standard InChI is InChI=1S/C17H21N3O.C2H2O4/c18-17(21)11-3-5-15-13(9-11)14-10-12(4-6-16(14)19-15)20-7-1-2-8-20;3-1(4)2(5)6/h3,5,9,12,19H,1-2,4,6-8,10H2,(H2,18,21);(H,3,4)(H,5,6). The van der Waals surface area contributed by atoms with E-state index in [4.69, 9.17) is 25.5 Å². The number of carbonyl (C=O) groups excluding carboxylic acids is 1. The van der Waals surface area contributed by atoms with Gasteiger partial charge in [-0.2, -0.15) is 0 Å². The van der Waals surface area contributed by atoms with E-state index >= 15 is 0 Å². The first-order valence-corrected chi connectivity index (χ1v) is 9.00. The average molecular weight is 373 g/mol. The van der Waals surface area contributed by atoms with E-state index in [1.165, 1.54) is 49.0 Å². The molecule has 1 saturated heterocycles. The van der Waals surface area contributed by atoms with Gasteiger partial charge in [-0.3, -0.25) is 4.79 Å². The quantitative estimate of drug-likeness (QED) is 0.587. The van der Waals surface area contributed by atoms with Gasteiger partial charge in [-0.25, -0.2) is 9.59 Å². The lowest BCUT2D eigenvalue weighted by molar-refractivity contribution is -0.159. The Kier molecular flexibility index (Phi) is 5.46. The molecule has 2 heterocycles. The number of rotatable bonds is 2. The minimum atomic E-state index is -1.82. The number of aromatic amines is 1. The van der Waals surface area contributed by atoms with Crippen LogP contribution in [-0.4, -0.2) is 57.1 Å². The molecule has 144 valence electrons. The lowest BCUT2D eigenvalue weighted by Gasteiger charge is -2.31. The molecule has 1 aromatic heterocycles. The van der Waals surface area contributed by atoms with Gasteiger partial charge in [0.15, 0.2) is 0 Å². The highest BCUT2D eigenvalue weighted by Crippen LogP contribution is 2.32. The molecule has 8 heteroatoms. The van der Waals surface area contributed by atoms with Crippen molar-refractivity contribution in [2.45, 2.75) is 38.1 Å². The van der Waals surface area contributed by atoms with E-state index in [-0.39, 0.29) is 5.91 Å². The third kappa shape index (κ3) is 4.11. The molecule has 1 aliphatic carbocycles. The number of carboxylic acid groups (broad SMARTS) is 2. The van der Waals surface area contributed by atoms with Crippen molar-refractivity contribution in [3.8, 4) is 0 Å². The van der Waals surface area contributed by atoms with Gasteiger partial charge in [0.05, 0.1) is 0 Å². The second kappa shape index (κ2) is 7.79. The third-order valence-corrected chi connectivity index (χ3v) is 5.29. The summed E-state index contributed by atoms with van der Waals surface area (Å²) in [4.78, 5) is 35.8. The van der Waals surface area contributed by atoms with Crippen molar-refractivity contribution in [1.29, 1.82) is 0 Å². The lowest BCUT2D eigenvalue weighted by Crippen LogP contribution is -2.37. The number of hydrogen-bond donors (Lipinski definition) is 4. The molecule has 0 bridgehead atoms. The average Bonchev–Trinajstić information content (AvgIpc) is 3.28. The molecule has 1 unspecified atom stereocenters. The van der Waals surface area contributed by atoms with E-state index in [1.54, 1.807) is 0 Å². The zero-order chi connectivity index (χ0) is 19.6. The second-order valence-corrected chi connectivity index (χ2v) is 6.96. The van der Waals surface area contributed by atoms with E-state index < -0.39 is 11.9 Å². The number of carbonyl (C=O) groups is 3. The first-order valence-electron chi connectivity index (χ1n) is 9.00. The van der Waals surface area contributed by atoms with Crippen molar-refractivity contribution in [3.63, 3.8) is 0 Å². The number of nitrogens with zero attached hydrogens (tertiary/aromatic N) is 1. The number of likely N-dealkylation sites (tertiary alicyclic amines) is 1. The summed E-state index contributed by atoms with van der Waals surface area (Å²) in [5.74, 6) is -4.00. The molecule has 0 spiro atoms. The predicted octanol–water partition coefficient (Wildman–Crippen LogP) is 1.38. The summed E-state index contributed by atoms with van der Waals surface area (Å²) in [7, 11) is 0. The topological polar surface area (TPSA) is 137 Å². The Hall–Kier alpha value is -2.87. The fraction of sp³-hybridized carbons (Fsp3) is 0.421. The molecule has 0 saturated carbocycles. The van der Waals surface area contributed by atoms with Gasteiger partial charge >= 0.3 is 11.9 Å². The van der Waals surface area contributed by atoms with Crippen LogP contribution in [0.1, 0.15) is 40.9 Å². The van der Waals surface area contributed by atoms with Crippen LogP contribution in [0, 0.1) is 0 Å². The summed E-state index contributed by atoms with van der Waals surface area (Å²) in [6.07, 6.45) is 6.11. The molecule has 1 aliphatic heterocycles. The van der Waals surface area contributed by atoms with Crippen LogP contribution < -0.4 is 5.73 Å². The maximum Gasteiger partial charge on any atom is 0.414 e. The Bertz CT molecular complexity index is 871. The molecule has 4 rings (SSSR count). The lowest BCUT2D eigenvalue weighted by atomic mass is 9.90. The zero-order valence-electron chi connectivity index (χ0n) is 14.9. The van der Waals surface area contributed by atoms with Crippen LogP contribution >= 0.6 is 0 Å². The predicted molar refractivity (Wildman–Crippen MR) is 98.7 cm³/mol. The van der Waals surface area contributed by atoms with Crippen LogP contribution in [0.3, 0.4) is 0 Å². The highest BCUT2D eigenvalue weighted by atomic mass is 16.4. The van der Waals surface area contributed by atoms with E-state index in [0.717, 1.165) is 18.4 Å². The minimum absolute atomic E-state index is 0.348. The van der Waals surface area contributed by atoms with E-state index in [0.29, 0.717) is 11.6 Å². The highest BCUT2D eigenvalue weighted by Gasteiger charge is 2.28.